The van der Waals surface area contributed by atoms with E-state index >= 15 is 0 Å². The van der Waals surface area contributed by atoms with Crippen LogP contribution < -0.4 is 5.32 Å². The Morgan fingerprint density at radius 1 is 1.04 bits per heavy atom. The summed E-state index contributed by atoms with van der Waals surface area (Å²) >= 11 is 0. The van der Waals surface area contributed by atoms with Crippen molar-refractivity contribution < 1.29 is 14.1 Å². The van der Waals surface area contributed by atoms with Crippen LogP contribution in [0.2, 0.25) is 0 Å². The van der Waals surface area contributed by atoms with E-state index in [2.05, 4.69) is 15.5 Å². The fraction of sp³-hybridized carbons (Fsp3) is 0.105. The number of fused-ring (bicyclic) bond motifs is 1. The van der Waals surface area contributed by atoms with Gasteiger partial charge in [0.2, 0.25) is 0 Å². The van der Waals surface area contributed by atoms with E-state index in [0.29, 0.717) is 16.7 Å². The molecule has 0 unspecified atom stereocenters. The van der Waals surface area contributed by atoms with Crippen LogP contribution in [-0.2, 0) is 0 Å². The van der Waals surface area contributed by atoms with Crippen molar-refractivity contribution in [2.24, 2.45) is 0 Å². The normalized spacial score (nSPS) is 10.9. The molecule has 0 fully saturated rings. The molecule has 0 aliphatic carbocycles. The van der Waals surface area contributed by atoms with Gasteiger partial charge in [0.1, 0.15) is 16.0 Å². The molecular weight excluding hydrogens is 362 g/mol. The number of aromatic nitrogens is 3. The van der Waals surface area contributed by atoms with Gasteiger partial charge in [-0.2, -0.15) is 4.80 Å². The van der Waals surface area contributed by atoms with Gasteiger partial charge >= 0.3 is 5.88 Å². The van der Waals surface area contributed by atoms with Crippen molar-refractivity contribution in [2.75, 3.05) is 5.32 Å². The van der Waals surface area contributed by atoms with Gasteiger partial charge in [0.05, 0.1) is 11.8 Å². The number of hydrogen-bond acceptors (Lipinski definition) is 6. The molecule has 4 rings (SSSR count). The van der Waals surface area contributed by atoms with Crippen LogP contribution in [0.5, 0.6) is 0 Å². The number of aryl methyl sites for hydroxylation is 2. The van der Waals surface area contributed by atoms with Gasteiger partial charge < -0.3 is 9.73 Å². The first-order valence-corrected chi connectivity index (χ1v) is 8.41. The van der Waals surface area contributed by atoms with Crippen LogP contribution in [0.25, 0.3) is 16.7 Å². The van der Waals surface area contributed by atoms with Gasteiger partial charge in [0, 0.05) is 5.69 Å². The molecule has 2 aromatic carbocycles. The topological polar surface area (TPSA) is 116 Å². The summed E-state index contributed by atoms with van der Waals surface area (Å²) in [7, 11) is 0. The Labute approximate surface area is 158 Å². The summed E-state index contributed by atoms with van der Waals surface area (Å²) in [4.78, 5) is 23.7. The highest BCUT2D eigenvalue weighted by atomic mass is 16.6. The molecule has 28 heavy (non-hydrogen) atoms. The Morgan fingerprint density at radius 2 is 1.82 bits per heavy atom. The molecule has 4 aromatic rings. The van der Waals surface area contributed by atoms with Gasteiger partial charge in [0.25, 0.3) is 5.91 Å². The number of nitro groups is 1. The van der Waals surface area contributed by atoms with E-state index in [1.807, 2.05) is 32.0 Å². The number of amides is 1. The minimum Gasteiger partial charge on any atom is -0.395 e. The van der Waals surface area contributed by atoms with Crippen molar-refractivity contribution in [3.8, 4) is 5.69 Å². The van der Waals surface area contributed by atoms with Crippen molar-refractivity contribution in [3.05, 3.63) is 75.5 Å². The number of nitrogens with zero attached hydrogens (tertiary/aromatic N) is 4. The third-order valence-corrected chi connectivity index (χ3v) is 4.36. The van der Waals surface area contributed by atoms with Crippen LogP contribution in [0.3, 0.4) is 0 Å². The molecule has 0 aliphatic rings. The van der Waals surface area contributed by atoms with Crippen molar-refractivity contribution in [2.45, 2.75) is 13.8 Å². The van der Waals surface area contributed by atoms with Gasteiger partial charge in [-0.25, -0.2) is 0 Å². The second kappa shape index (κ2) is 6.62. The number of carbonyl (C=O) groups is 1. The predicted molar refractivity (Wildman–Crippen MR) is 102 cm³/mol. The summed E-state index contributed by atoms with van der Waals surface area (Å²) in [5, 5.41) is 22.2. The smallest absolute Gasteiger partial charge is 0.395 e. The second-order valence-corrected chi connectivity index (χ2v) is 6.31. The molecule has 0 saturated heterocycles. The Balaban J connectivity index is 1.59. The molecule has 0 bridgehead atoms. The molecule has 9 nitrogen and oxygen atoms in total. The highest BCUT2D eigenvalue weighted by Gasteiger charge is 2.17. The fourth-order valence-corrected chi connectivity index (χ4v) is 2.70. The maximum atomic E-state index is 12.2. The van der Waals surface area contributed by atoms with Gasteiger partial charge in [-0.05, 0) is 61.4 Å². The molecule has 2 aromatic heterocycles. The molecule has 0 saturated carbocycles. The van der Waals surface area contributed by atoms with Crippen LogP contribution in [0.1, 0.15) is 21.7 Å². The van der Waals surface area contributed by atoms with E-state index in [9.17, 15) is 14.9 Å². The standard InChI is InChI=1S/C19H15N5O4/c1-11-3-5-14(9-12(11)2)23-21-15-6-4-13(10-16(15)22-23)20-19(25)17-7-8-18(28-17)24(26)27/h3-10H,1-2H3,(H,20,25). The maximum absolute atomic E-state index is 12.2. The van der Waals surface area contributed by atoms with E-state index < -0.39 is 16.7 Å². The molecule has 1 amide bonds. The van der Waals surface area contributed by atoms with Crippen LogP contribution in [0.4, 0.5) is 11.6 Å². The SMILES string of the molecule is Cc1ccc(-n2nc3ccc(NC(=O)c4ccc([N+](=O)[O-])o4)cc3n2)cc1C. The first-order chi connectivity index (χ1) is 13.4. The van der Waals surface area contributed by atoms with Crippen LogP contribution in [-0.4, -0.2) is 25.8 Å². The quantitative estimate of drug-likeness (QED) is 0.427. The number of benzene rings is 2. The van der Waals surface area contributed by atoms with Gasteiger partial charge in [-0.3, -0.25) is 14.9 Å². The Morgan fingerprint density at radius 3 is 2.54 bits per heavy atom. The third-order valence-electron chi connectivity index (χ3n) is 4.36. The van der Waals surface area contributed by atoms with Crippen molar-refractivity contribution >= 4 is 28.5 Å². The molecule has 0 radical (unpaired) electrons. The minimum absolute atomic E-state index is 0.148. The number of anilines is 1. The lowest BCUT2D eigenvalue weighted by molar-refractivity contribution is -0.402. The second-order valence-electron chi connectivity index (χ2n) is 6.31. The van der Waals surface area contributed by atoms with Crippen LogP contribution in [0.15, 0.2) is 52.9 Å². The molecule has 9 heteroatoms. The average molecular weight is 377 g/mol. The van der Waals surface area contributed by atoms with Crippen molar-refractivity contribution in [1.82, 2.24) is 15.0 Å². The zero-order valence-electron chi connectivity index (χ0n) is 15.0. The van der Waals surface area contributed by atoms with Crippen LogP contribution >= 0.6 is 0 Å². The third kappa shape index (κ3) is 3.20. The molecule has 1 N–H and O–H groups in total. The minimum atomic E-state index is -0.700. The summed E-state index contributed by atoms with van der Waals surface area (Å²) in [5.41, 5.74) is 4.91. The lowest BCUT2D eigenvalue weighted by Crippen LogP contribution is -2.10. The first kappa shape index (κ1) is 17.4. The number of hydrogen-bond donors (Lipinski definition) is 1. The zero-order chi connectivity index (χ0) is 19.8. The van der Waals surface area contributed by atoms with Gasteiger partial charge in [0.15, 0.2) is 5.76 Å². The number of nitrogens with one attached hydrogen (secondary N) is 1. The van der Waals surface area contributed by atoms with E-state index in [4.69, 9.17) is 4.42 Å². The monoisotopic (exact) mass is 377 g/mol. The van der Waals surface area contributed by atoms with Gasteiger partial charge in [-0.1, -0.05) is 6.07 Å². The summed E-state index contributed by atoms with van der Waals surface area (Å²) < 4.78 is 4.91. The maximum Gasteiger partial charge on any atom is 0.433 e. The fourth-order valence-electron chi connectivity index (χ4n) is 2.70. The predicted octanol–water partition coefficient (Wildman–Crippen LogP) is 3.79. The average Bonchev–Trinajstić information content (AvgIpc) is 3.30. The number of carbonyl (C=O) groups excluding carboxylic acids is 1. The summed E-state index contributed by atoms with van der Waals surface area (Å²) in [6, 6.07) is 13.4. The summed E-state index contributed by atoms with van der Waals surface area (Å²) in [5.74, 6) is -1.23. The summed E-state index contributed by atoms with van der Waals surface area (Å²) in [6.07, 6.45) is 0. The van der Waals surface area contributed by atoms with E-state index in [1.54, 1.807) is 23.0 Å². The molecule has 0 aliphatic heterocycles. The molecule has 140 valence electrons. The molecule has 2 heterocycles. The Kier molecular flexibility index (Phi) is 4.11. The highest BCUT2D eigenvalue weighted by molar-refractivity contribution is 6.03. The lowest BCUT2D eigenvalue weighted by atomic mass is 10.1. The van der Waals surface area contributed by atoms with Crippen molar-refractivity contribution in [3.63, 3.8) is 0 Å². The first-order valence-electron chi connectivity index (χ1n) is 8.41. The van der Waals surface area contributed by atoms with Gasteiger partial charge in [-0.15, -0.1) is 10.2 Å². The van der Waals surface area contributed by atoms with E-state index in [0.717, 1.165) is 17.3 Å². The highest BCUT2D eigenvalue weighted by Crippen LogP contribution is 2.21. The van der Waals surface area contributed by atoms with E-state index in [1.165, 1.54) is 11.6 Å². The molecule has 0 spiro atoms. The molecular formula is C19H15N5O4. The number of furan rings is 1. The van der Waals surface area contributed by atoms with E-state index in [-0.39, 0.29) is 5.76 Å². The Hall–Kier alpha value is -4.01. The molecule has 0 atom stereocenters. The Bertz CT molecular complexity index is 1220. The lowest BCUT2D eigenvalue weighted by Gasteiger charge is -2.03. The van der Waals surface area contributed by atoms with Crippen molar-refractivity contribution in [1.29, 1.82) is 0 Å². The summed E-state index contributed by atoms with van der Waals surface area (Å²) in [6.45, 7) is 4.06. The zero-order valence-corrected chi connectivity index (χ0v) is 15.0. The van der Waals surface area contributed by atoms with Crippen LogP contribution in [0, 0.1) is 24.0 Å². The number of rotatable bonds is 4. The largest absolute Gasteiger partial charge is 0.433 e.